The molecule has 1 aromatic carbocycles. The lowest BCUT2D eigenvalue weighted by Crippen LogP contribution is -2.51. The van der Waals surface area contributed by atoms with Crippen molar-refractivity contribution in [1.82, 2.24) is 30.6 Å². The van der Waals surface area contributed by atoms with E-state index in [1.165, 1.54) is 19.3 Å². The molecule has 1 saturated carbocycles. The Morgan fingerprint density at radius 1 is 1.09 bits per heavy atom. The van der Waals surface area contributed by atoms with Crippen LogP contribution in [-0.2, 0) is 0 Å². The highest BCUT2D eigenvalue weighted by Crippen LogP contribution is 2.27. The number of amides is 2. The van der Waals surface area contributed by atoms with E-state index in [1.807, 2.05) is 37.4 Å². The van der Waals surface area contributed by atoms with Crippen molar-refractivity contribution in [2.45, 2.75) is 45.1 Å². The zero-order chi connectivity index (χ0) is 23.3. The minimum absolute atomic E-state index is 0.209. The third-order valence-corrected chi connectivity index (χ3v) is 6.51. The van der Waals surface area contributed by atoms with E-state index in [1.54, 1.807) is 0 Å². The number of anilines is 3. The molecule has 3 heterocycles. The van der Waals surface area contributed by atoms with E-state index >= 15 is 0 Å². The van der Waals surface area contributed by atoms with Crippen molar-refractivity contribution in [1.29, 1.82) is 0 Å². The first kappa shape index (κ1) is 22.5. The number of carbonyl (C=O) groups is 1. The minimum Gasteiger partial charge on any atom is -0.335 e. The van der Waals surface area contributed by atoms with Gasteiger partial charge in [-0.25, -0.2) is 24.8 Å². The number of urea groups is 1. The van der Waals surface area contributed by atoms with E-state index < -0.39 is 0 Å². The second-order valence-electron chi connectivity index (χ2n) is 9.02. The Balaban J connectivity index is 1.43. The summed E-state index contributed by atoms with van der Waals surface area (Å²) in [5, 5.41) is 14.6. The second kappa shape index (κ2) is 10.3. The van der Waals surface area contributed by atoms with E-state index in [-0.39, 0.29) is 12.1 Å². The number of benzene rings is 1. The SMILES string of the molecule is Cc1cc(NC(=O)NC2CCCCC2)nc2nc(N(c3ccccc3)N3CCNCC3)ncc12. The summed E-state index contributed by atoms with van der Waals surface area (Å²) in [6.07, 6.45) is 7.49. The van der Waals surface area contributed by atoms with Crippen LogP contribution >= 0.6 is 0 Å². The zero-order valence-corrected chi connectivity index (χ0v) is 19.6. The van der Waals surface area contributed by atoms with Crippen molar-refractivity contribution >= 4 is 34.5 Å². The first-order valence-corrected chi connectivity index (χ1v) is 12.2. The van der Waals surface area contributed by atoms with Gasteiger partial charge in [-0.3, -0.25) is 5.32 Å². The molecular weight excluding hydrogens is 428 g/mol. The summed E-state index contributed by atoms with van der Waals surface area (Å²) in [5.74, 6) is 1.06. The van der Waals surface area contributed by atoms with Crippen LogP contribution in [0.5, 0.6) is 0 Å². The smallest absolute Gasteiger partial charge is 0.320 e. The lowest BCUT2D eigenvalue weighted by molar-refractivity contribution is 0.240. The number of hydrogen-bond donors (Lipinski definition) is 3. The van der Waals surface area contributed by atoms with Gasteiger partial charge in [-0.15, -0.1) is 0 Å². The average molecular weight is 461 g/mol. The Bertz CT molecular complexity index is 1130. The van der Waals surface area contributed by atoms with Gasteiger partial charge in [0.2, 0.25) is 5.95 Å². The fourth-order valence-corrected chi connectivity index (χ4v) is 4.73. The number of rotatable bonds is 5. The molecule has 2 aromatic heterocycles. The van der Waals surface area contributed by atoms with Gasteiger partial charge in [-0.05, 0) is 43.5 Å². The highest BCUT2D eigenvalue weighted by molar-refractivity contribution is 5.90. The number of nitrogens with zero attached hydrogens (tertiary/aromatic N) is 5. The fourth-order valence-electron chi connectivity index (χ4n) is 4.73. The molecule has 34 heavy (non-hydrogen) atoms. The summed E-state index contributed by atoms with van der Waals surface area (Å²) in [6.45, 7) is 5.50. The number of aromatic nitrogens is 3. The van der Waals surface area contributed by atoms with E-state index in [2.05, 4.69) is 43.1 Å². The number of carbonyl (C=O) groups excluding carboxylic acids is 1. The van der Waals surface area contributed by atoms with Gasteiger partial charge in [0.05, 0.1) is 5.69 Å². The molecule has 1 aliphatic heterocycles. The first-order valence-electron chi connectivity index (χ1n) is 12.2. The largest absolute Gasteiger partial charge is 0.335 e. The summed E-state index contributed by atoms with van der Waals surface area (Å²) < 4.78 is 0. The van der Waals surface area contributed by atoms with Crippen LogP contribution in [-0.4, -0.2) is 58.2 Å². The number of para-hydroxylation sites is 1. The molecule has 9 heteroatoms. The van der Waals surface area contributed by atoms with E-state index in [4.69, 9.17) is 9.97 Å². The van der Waals surface area contributed by atoms with Crippen molar-refractivity contribution in [3.8, 4) is 0 Å². The van der Waals surface area contributed by atoms with Crippen LogP contribution in [0, 0.1) is 6.92 Å². The maximum absolute atomic E-state index is 12.6. The molecule has 3 N–H and O–H groups in total. The van der Waals surface area contributed by atoms with E-state index in [9.17, 15) is 4.79 Å². The molecular formula is C25H32N8O. The topological polar surface area (TPSA) is 98.3 Å². The first-order chi connectivity index (χ1) is 16.7. The highest BCUT2D eigenvalue weighted by Gasteiger charge is 2.23. The van der Waals surface area contributed by atoms with Gasteiger partial charge in [0.15, 0.2) is 5.65 Å². The molecule has 2 amide bonds. The zero-order valence-electron chi connectivity index (χ0n) is 19.6. The maximum atomic E-state index is 12.6. The molecule has 178 valence electrons. The fraction of sp³-hybridized carbons (Fsp3) is 0.440. The van der Waals surface area contributed by atoms with Crippen LogP contribution < -0.4 is 21.0 Å². The molecule has 1 aliphatic carbocycles. The normalized spacial score (nSPS) is 17.4. The van der Waals surface area contributed by atoms with Crippen LogP contribution in [0.2, 0.25) is 0 Å². The van der Waals surface area contributed by atoms with Crippen molar-refractivity contribution in [3.63, 3.8) is 0 Å². The van der Waals surface area contributed by atoms with E-state index in [0.29, 0.717) is 17.4 Å². The standard InChI is InChI=1S/C25H32N8O/c1-18-16-22(30-25(34)28-19-8-4-2-5-9-19)29-23-21(18)17-27-24(31-23)33(20-10-6-3-7-11-20)32-14-12-26-13-15-32/h3,6-7,10-11,16-17,19,26H,2,4-5,8-9,12-15H2,1H3,(H2,27,28,29,30,31,34). The predicted molar refractivity (Wildman–Crippen MR) is 134 cm³/mol. The maximum Gasteiger partial charge on any atom is 0.320 e. The molecule has 2 aliphatic rings. The summed E-state index contributed by atoms with van der Waals surface area (Å²) >= 11 is 0. The molecule has 0 spiro atoms. The van der Waals surface area contributed by atoms with E-state index in [0.717, 1.165) is 55.7 Å². The van der Waals surface area contributed by atoms with Gasteiger partial charge >= 0.3 is 6.03 Å². The number of piperazine rings is 1. The Hall–Kier alpha value is -3.30. The number of aryl methyl sites for hydroxylation is 1. The van der Waals surface area contributed by atoms with Gasteiger partial charge in [-0.2, -0.15) is 4.98 Å². The van der Waals surface area contributed by atoms with Crippen molar-refractivity contribution < 1.29 is 4.79 Å². The molecule has 0 bridgehead atoms. The second-order valence-corrected chi connectivity index (χ2v) is 9.02. The van der Waals surface area contributed by atoms with Crippen molar-refractivity contribution in [2.24, 2.45) is 0 Å². The van der Waals surface area contributed by atoms with Gasteiger partial charge in [0, 0.05) is 43.8 Å². The van der Waals surface area contributed by atoms with Gasteiger partial charge in [0.1, 0.15) is 5.82 Å². The van der Waals surface area contributed by atoms with Crippen molar-refractivity contribution in [3.05, 3.63) is 48.2 Å². The predicted octanol–water partition coefficient (Wildman–Crippen LogP) is 3.75. The molecule has 2 fully saturated rings. The summed E-state index contributed by atoms with van der Waals surface area (Å²) in [7, 11) is 0. The van der Waals surface area contributed by atoms with Crippen LogP contribution in [0.1, 0.15) is 37.7 Å². The number of nitrogens with one attached hydrogen (secondary N) is 3. The van der Waals surface area contributed by atoms with Crippen LogP contribution in [0.25, 0.3) is 11.0 Å². The number of pyridine rings is 1. The van der Waals surface area contributed by atoms with Crippen LogP contribution in [0.4, 0.5) is 22.2 Å². The van der Waals surface area contributed by atoms with Gasteiger partial charge in [-0.1, -0.05) is 37.5 Å². The molecule has 0 radical (unpaired) electrons. The highest BCUT2D eigenvalue weighted by atomic mass is 16.2. The van der Waals surface area contributed by atoms with Crippen LogP contribution in [0.3, 0.4) is 0 Å². The summed E-state index contributed by atoms with van der Waals surface area (Å²) in [5.41, 5.74) is 2.54. The molecule has 5 rings (SSSR count). The summed E-state index contributed by atoms with van der Waals surface area (Å²) in [6, 6.07) is 12.0. The molecule has 0 atom stereocenters. The number of hydrogen-bond acceptors (Lipinski definition) is 7. The van der Waals surface area contributed by atoms with Gasteiger partial charge in [0.25, 0.3) is 0 Å². The molecule has 1 saturated heterocycles. The lowest BCUT2D eigenvalue weighted by atomic mass is 9.96. The number of fused-ring (bicyclic) bond motifs is 1. The Morgan fingerprint density at radius 3 is 2.62 bits per heavy atom. The quantitative estimate of drug-likeness (QED) is 0.533. The molecule has 0 unspecified atom stereocenters. The monoisotopic (exact) mass is 460 g/mol. The van der Waals surface area contributed by atoms with Crippen LogP contribution in [0.15, 0.2) is 42.6 Å². The average Bonchev–Trinajstić information content (AvgIpc) is 2.86. The Kier molecular flexibility index (Phi) is 6.82. The third-order valence-electron chi connectivity index (χ3n) is 6.51. The van der Waals surface area contributed by atoms with Gasteiger partial charge < -0.3 is 10.6 Å². The lowest BCUT2D eigenvalue weighted by Gasteiger charge is -2.37. The summed E-state index contributed by atoms with van der Waals surface area (Å²) in [4.78, 5) is 26.8. The Morgan fingerprint density at radius 2 is 1.85 bits per heavy atom. The minimum atomic E-state index is -0.209. The number of hydrazine groups is 1. The Labute approximate surface area is 199 Å². The molecule has 9 nitrogen and oxygen atoms in total. The molecule has 3 aromatic rings. The van der Waals surface area contributed by atoms with Crippen molar-refractivity contribution in [2.75, 3.05) is 36.5 Å². The third kappa shape index (κ3) is 5.10.